The summed E-state index contributed by atoms with van der Waals surface area (Å²) in [5, 5.41) is 22.0. The van der Waals surface area contributed by atoms with E-state index in [0.29, 0.717) is 18.9 Å². The van der Waals surface area contributed by atoms with Crippen LogP contribution in [-0.2, 0) is 4.79 Å². The van der Waals surface area contributed by atoms with E-state index in [1.807, 2.05) is 26.8 Å². The zero-order valence-corrected chi connectivity index (χ0v) is 10.8. The topological polar surface area (TPSA) is 90.7 Å². The van der Waals surface area contributed by atoms with Gasteiger partial charge in [-0.2, -0.15) is 5.26 Å². The molecule has 6 nitrogen and oxygen atoms in total. The molecule has 0 saturated heterocycles. The third-order valence-electron chi connectivity index (χ3n) is 2.44. The summed E-state index contributed by atoms with van der Waals surface area (Å²) >= 11 is 0. The molecule has 2 N–H and O–H groups in total. The number of nitrogens with one attached hydrogen (secondary N) is 2. The molecule has 1 heterocycles. The highest BCUT2D eigenvalue weighted by Crippen LogP contribution is 2.16. The van der Waals surface area contributed by atoms with E-state index in [4.69, 9.17) is 5.26 Å². The van der Waals surface area contributed by atoms with Gasteiger partial charge >= 0.3 is 0 Å². The third kappa shape index (κ3) is 3.70. The summed E-state index contributed by atoms with van der Waals surface area (Å²) in [7, 11) is 0. The van der Waals surface area contributed by atoms with Gasteiger partial charge in [-0.1, -0.05) is 0 Å². The number of rotatable bonds is 5. The summed E-state index contributed by atoms with van der Waals surface area (Å²) in [4.78, 5) is 11.8. The standard InChI is InChI=1S/C12H17N5O/c1-4-14-11(18)12(2,3)8-15-10-6-5-9(7-13)16-17-10/h5-6H,4,8H2,1-3H3,(H,14,18)(H,15,17). The largest absolute Gasteiger partial charge is 0.368 e. The van der Waals surface area contributed by atoms with E-state index >= 15 is 0 Å². The van der Waals surface area contributed by atoms with Crippen LogP contribution in [0.4, 0.5) is 5.82 Å². The van der Waals surface area contributed by atoms with Crippen molar-refractivity contribution >= 4 is 11.7 Å². The first kappa shape index (κ1) is 13.9. The first-order valence-corrected chi connectivity index (χ1v) is 5.75. The Morgan fingerprint density at radius 3 is 2.67 bits per heavy atom. The van der Waals surface area contributed by atoms with E-state index in [1.54, 1.807) is 12.1 Å². The highest BCUT2D eigenvalue weighted by molar-refractivity contribution is 5.82. The first-order valence-electron chi connectivity index (χ1n) is 5.75. The molecule has 0 spiro atoms. The maximum Gasteiger partial charge on any atom is 0.227 e. The Bertz CT molecular complexity index is 447. The number of hydrogen-bond acceptors (Lipinski definition) is 5. The van der Waals surface area contributed by atoms with Crippen LogP contribution in [0.3, 0.4) is 0 Å². The van der Waals surface area contributed by atoms with E-state index < -0.39 is 5.41 Å². The molecule has 0 saturated carbocycles. The molecule has 18 heavy (non-hydrogen) atoms. The molecule has 1 aromatic rings. The van der Waals surface area contributed by atoms with Gasteiger partial charge in [0.2, 0.25) is 5.91 Å². The lowest BCUT2D eigenvalue weighted by Crippen LogP contribution is -2.41. The molecule has 0 atom stereocenters. The number of carbonyl (C=O) groups is 1. The number of aromatic nitrogens is 2. The number of carbonyl (C=O) groups excluding carboxylic acids is 1. The normalized spacial score (nSPS) is 10.6. The second-order valence-corrected chi connectivity index (χ2v) is 4.51. The van der Waals surface area contributed by atoms with Crippen molar-refractivity contribution in [1.82, 2.24) is 15.5 Å². The Morgan fingerprint density at radius 1 is 1.44 bits per heavy atom. The fourth-order valence-electron chi connectivity index (χ4n) is 1.28. The van der Waals surface area contributed by atoms with Gasteiger partial charge in [-0.3, -0.25) is 4.79 Å². The average Bonchev–Trinajstić information content (AvgIpc) is 2.37. The maximum absolute atomic E-state index is 11.8. The molecule has 1 rings (SSSR count). The van der Waals surface area contributed by atoms with Crippen LogP contribution in [0.1, 0.15) is 26.5 Å². The predicted molar refractivity (Wildman–Crippen MR) is 67.7 cm³/mol. The Hall–Kier alpha value is -2.16. The summed E-state index contributed by atoms with van der Waals surface area (Å²) in [5.41, 5.74) is -0.269. The second-order valence-electron chi connectivity index (χ2n) is 4.51. The molecule has 6 heteroatoms. The zero-order chi connectivity index (χ0) is 13.6. The maximum atomic E-state index is 11.8. The van der Waals surface area contributed by atoms with Crippen molar-refractivity contribution in [2.24, 2.45) is 5.41 Å². The quantitative estimate of drug-likeness (QED) is 0.807. The summed E-state index contributed by atoms with van der Waals surface area (Å²) in [6.07, 6.45) is 0. The minimum absolute atomic E-state index is 0.0147. The van der Waals surface area contributed by atoms with E-state index in [1.165, 1.54) is 0 Å². The zero-order valence-electron chi connectivity index (χ0n) is 10.8. The molecular formula is C12H17N5O. The van der Waals surface area contributed by atoms with Gasteiger partial charge in [0.05, 0.1) is 5.41 Å². The SMILES string of the molecule is CCNC(=O)C(C)(C)CNc1ccc(C#N)nn1. The minimum Gasteiger partial charge on any atom is -0.368 e. The van der Waals surface area contributed by atoms with Crippen LogP contribution in [0, 0.1) is 16.7 Å². The molecule has 1 amide bonds. The van der Waals surface area contributed by atoms with Crippen molar-refractivity contribution in [3.05, 3.63) is 17.8 Å². The van der Waals surface area contributed by atoms with Crippen LogP contribution in [0.15, 0.2) is 12.1 Å². The predicted octanol–water partition coefficient (Wildman–Crippen LogP) is 0.922. The smallest absolute Gasteiger partial charge is 0.227 e. The molecule has 0 aliphatic heterocycles. The molecule has 0 aliphatic rings. The Labute approximate surface area is 106 Å². The highest BCUT2D eigenvalue weighted by atomic mass is 16.2. The van der Waals surface area contributed by atoms with E-state index in [-0.39, 0.29) is 11.6 Å². The van der Waals surface area contributed by atoms with E-state index in [0.717, 1.165) is 0 Å². The van der Waals surface area contributed by atoms with Crippen molar-refractivity contribution in [2.75, 3.05) is 18.4 Å². The van der Waals surface area contributed by atoms with Crippen LogP contribution in [0.5, 0.6) is 0 Å². The molecule has 0 fully saturated rings. The van der Waals surface area contributed by atoms with Crippen LogP contribution in [-0.4, -0.2) is 29.2 Å². The highest BCUT2D eigenvalue weighted by Gasteiger charge is 2.26. The van der Waals surface area contributed by atoms with Crippen molar-refractivity contribution in [3.63, 3.8) is 0 Å². The van der Waals surface area contributed by atoms with E-state index in [9.17, 15) is 4.79 Å². The van der Waals surface area contributed by atoms with Crippen molar-refractivity contribution in [2.45, 2.75) is 20.8 Å². The Morgan fingerprint density at radius 2 is 2.17 bits per heavy atom. The fraction of sp³-hybridized carbons (Fsp3) is 0.500. The monoisotopic (exact) mass is 247 g/mol. The van der Waals surface area contributed by atoms with E-state index in [2.05, 4.69) is 20.8 Å². The van der Waals surface area contributed by atoms with Crippen LogP contribution < -0.4 is 10.6 Å². The van der Waals surface area contributed by atoms with Gasteiger partial charge in [-0.15, -0.1) is 10.2 Å². The molecule has 96 valence electrons. The number of anilines is 1. The first-order chi connectivity index (χ1) is 8.49. The number of nitrogens with zero attached hydrogens (tertiary/aromatic N) is 3. The summed E-state index contributed by atoms with van der Waals surface area (Å²) in [5.74, 6) is 0.533. The van der Waals surface area contributed by atoms with Gasteiger partial charge < -0.3 is 10.6 Å². The number of amides is 1. The molecule has 1 aromatic heterocycles. The number of hydrogen-bond donors (Lipinski definition) is 2. The van der Waals surface area contributed by atoms with Gasteiger partial charge in [0.15, 0.2) is 5.69 Å². The van der Waals surface area contributed by atoms with Gasteiger partial charge in [-0.25, -0.2) is 0 Å². The summed E-state index contributed by atoms with van der Waals surface area (Å²) in [6, 6.07) is 5.14. The minimum atomic E-state index is -0.536. The second kappa shape index (κ2) is 5.96. The lowest BCUT2D eigenvalue weighted by Gasteiger charge is -2.23. The Kier molecular flexibility index (Phi) is 4.60. The van der Waals surface area contributed by atoms with Crippen LogP contribution >= 0.6 is 0 Å². The lowest BCUT2D eigenvalue weighted by atomic mass is 9.92. The van der Waals surface area contributed by atoms with Gasteiger partial charge in [0.1, 0.15) is 11.9 Å². The van der Waals surface area contributed by atoms with Gasteiger partial charge in [-0.05, 0) is 32.9 Å². The van der Waals surface area contributed by atoms with Crippen LogP contribution in [0.2, 0.25) is 0 Å². The molecular weight excluding hydrogens is 230 g/mol. The Balaban J connectivity index is 2.58. The third-order valence-corrected chi connectivity index (χ3v) is 2.44. The summed E-state index contributed by atoms with van der Waals surface area (Å²) < 4.78 is 0. The fourth-order valence-corrected chi connectivity index (χ4v) is 1.28. The van der Waals surface area contributed by atoms with Crippen molar-refractivity contribution < 1.29 is 4.79 Å². The molecule has 0 aliphatic carbocycles. The average molecular weight is 247 g/mol. The van der Waals surface area contributed by atoms with Gasteiger partial charge in [0.25, 0.3) is 0 Å². The molecule has 0 unspecified atom stereocenters. The molecule has 0 radical (unpaired) electrons. The lowest BCUT2D eigenvalue weighted by molar-refractivity contribution is -0.128. The number of nitriles is 1. The van der Waals surface area contributed by atoms with Crippen molar-refractivity contribution in [1.29, 1.82) is 5.26 Å². The summed E-state index contributed by atoms with van der Waals surface area (Å²) in [6.45, 7) is 6.63. The van der Waals surface area contributed by atoms with Gasteiger partial charge in [0, 0.05) is 13.1 Å². The molecule has 0 bridgehead atoms. The molecule has 0 aromatic carbocycles. The van der Waals surface area contributed by atoms with Crippen molar-refractivity contribution in [3.8, 4) is 6.07 Å². The van der Waals surface area contributed by atoms with Crippen LogP contribution in [0.25, 0.3) is 0 Å².